The molecule has 42 heavy (non-hydrogen) atoms. The number of hydrogen-bond acceptors (Lipinski definition) is 1. The zero-order valence-corrected chi connectivity index (χ0v) is 23.1. The van der Waals surface area contributed by atoms with Crippen molar-refractivity contribution in [3.63, 3.8) is 0 Å². The average Bonchev–Trinajstić information content (AvgIpc) is 3.40. The predicted octanol–water partition coefficient (Wildman–Crippen LogP) is 11.1. The van der Waals surface area contributed by atoms with Crippen molar-refractivity contribution in [1.82, 2.24) is 4.57 Å². The van der Waals surface area contributed by atoms with Gasteiger partial charge in [-0.15, -0.1) is 0 Å². The zero-order valence-electron chi connectivity index (χ0n) is 23.1. The Kier molecular flexibility index (Phi) is 5.82. The number of benzene rings is 7. The second kappa shape index (κ2) is 10.1. The molecule has 1 heterocycles. The third-order valence-electron chi connectivity index (χ3n) is 8.17. The maximum absolute atomic E-state index is 2.44. The van der Waals surface area contributed by atoms with Crippen LogP contribution in [0.25, 0.3) is 49.4 Å². The topological polar surface area (TPSA) is 8.17 Å². The van der Waals surface area contributed by atoms with Crippen LogP contribution in [0.2, 0.25) is 0 Å². The summed E-state index contributed by atoms with van der Waals surface area (Å²) < 4.78 is 2.44. The van der Waals surface area contributed by atoms with Crippen molar-refractivity contribution in [2.45, 2.75) is 0 Å². The van der Waals surface area contributed by atoms with E-state index < -0.39 is 0 Å². The van der Waals surface area contributed by atoms with Crippen LogP contribution >= 0.6 is 0 Å². The largest absolute Gasteiger partial charge is 0.310 e. The van der Waals surface area contributed by atoms with Crippen LogP contribution in [0.5, 0.6) is 0 Å². The van der Waals surface area contributed by atoms with E-state index >= 15 is 0 Å². The van der Waals surface area contributed by atoms with Crippen LogP contribution in [0.4, 0.5) is 17.1 Å². The highest BCUT2D eigenvalue weighted by Crippen LogP contribution is 2.46. The van der Waals surface area contributed by atoms with Gasteiger partial charge in [-0.2, -0.15) is 0 Å². The first-order chi connectivity index (χ1) is 20.9. The Labute approximate surface area is 245 Å². The zero-order chi connectivity index (χ0) is 27.9. The summed E-state index contributed by atoms with van der Waals surface area (Å²) in [6.45, 7) is 0. The maximum atomic E-state index is 2.44. The van der Waals surface area contributed by atoms with Gasteiger partial charge in [-0.1, -0.05) is 121 Å². The second-order valence-electron chi connectivity index (χ2n) is 10.6. The van der Waals surface area contributed by atoms with E-state index in [0.717, 1.165) is 17.1 Å². The first-order valence-electron chi connectivity index (χ1n) is 14.4. The highest BCUT2D eigenvalue weighted by atomic mass is 15.1. The highest BCUT2D eigenvalue weighted by molar-refractivity contribution is 6.12. The van der Waals surface area contributed by atoms with Crippen LogP contribution in [-0.2, 0) is 0 Å². The lowest BCUT2D eigenvalue weighted by molar-refractivity contribution is 1.18. The molecule has 0 aliphatic carbocycles. The molecule has 0 fully saturated rings. The van der Waals surface area contributed by atoms with Gasteiger partial charge in [0.05, 0.1) is 22.4 Å². The van der Waals surface area contributed by atoms with Crippen LogP contribution in [0.1, 0.15) is 0 Å². The maximum Gasteiger partial charge on any atom is 0.0547 e. The summed E-state index contributed by atoms with van der Waals surface area (Å²) in [5, 5.41) is 4.97. The molecule has 0 saturated carbocycles. The fraction of sp³-hybridized carbons (Fsp3) is 0. The Morgan fingerprint density at radius 1 is 0.381 bits per heavy atom. The molecule has 0 atom stereocenters. The predicted molar refractivity (Wildman–Crippen MR) is 178 cm³/mol. The Bertz CT molecular complexity index is 2100. The van der Waals surface area contributed by atoms with Crippen LogP contribution in [-0.4, -0.2) is 4.57 Å². The summed E-state index contributed by atoms with van der Waals surface area (Å²) in [7, 11) is 0. The minimum atomic E-state index is 1.12. The molecule has 0 aliphatic rings. The number of rotatable bonds is 5. The number of para-hydroxylation sites is 5. The molecule has 8 rings (SSSR count). The number of anilines is 3. The first kappa shape index (κ1) is 24.2. The Balaban J connectivity index is 1.49. The number of nitrogens with zero attached hydrogens (tertiary/aromatic N) is 2. The SMILES string of the molecule is c1ccc(N(c2ccccc2)c2ccccc2-c2c(-n3c4ccccc4c4ccccc43)ccc3ccccc23)cc1. The smallest absolute Gasteiger partial charge is 0.0547 e. The third kappa shape index (κ3) is 3.88. The molecule has 2 heteroatoms. The quantitative estimate of drug-likeness (QED) is 0.212. The Morgan fingerprint density at radius 3 is 1.52 bits per heavy atom. The lowest BCUT2D eigenvalue weighted by atomic mass is 9.94. The Morgan fingerprint density at radius 2 is 0.881 bits per heavy atom. The molecule has 8 aromatic rings. The summed E-state index contributed by atoms with van der Waals surface area (Å²) in [6.07, 6.45) is 0. The van der Waals surface area contributed by atoms with Crippen molar-refractivity contribution in [1.29, 1.82) is 0 Å². The minimum absolute atomic E-state index is 1.12. The molecule has 0 radical (unpaired) electrons. The van der Waals surface area contributed by atoms with Crippen molar-refractivity contribution in [3.05, 3.63) is 170 Å². The number of aromatic nitrogens is 1. The van der Waals surface area contributed by atoms with Crippen molar-refractivity contribution in [2.75, 3.05) is 4.90 Å². The molecule has 2 nitrogen and oxygen atoms in total. The van der Waals surface area contributed by atoms with Crippen LogP contribution in [0, 0.1) is 0 Å². The normalized spacial score (nSPS) is 11.3. The lowest BCUT2D eigenvalue weighted by Crippen LogP contribution is -2.11. The van der Waals surface area contributed by atoms with E-state index in [1.165, 1.54) is 49.4 Å². The van der Waals surface area contributed by atoms with Crippen LogP contribution in [0.15, 0.2) is 170 Å². The van der Waals surface area contributed by atoms with Crippen molar-refractivity contribution in [3.8, 4) is 16.8 Å². The van der Waals surface area contributed by atoms with Gasteiger partial charge in [0.15, 0.2) is 0 Å². The van der Waals surface area contributed by atoms with E-state index in [1.54, 1.807) is 0 Å². The third-order valence-corrected chi connectivity index (χ3v) is 8.17. The van der Waals surface area contributed by atoms with Gasteiger partial charge in [0.25, 0.3) is 0 Å². The van der Waals surface area contributed by atoms with Crippen LogP contribution in [0.3, 0.4) is 0 Å². The van der Waals surface area contributed by atoms with Crippen LogP contribution < -0.4 is 4.90 Å². The Hall–Kier alpha value is -5.60. The van der Waals surface area contributed by atoms with Gasteiger partial charge in [-0.3, -0.25) is 0 Å². The molecule has 198 valence electrons. The number of fused-ring (bicyclic) bond motifs is 4. The molecule has 0 aliphatic heterocycles. The minimum Gasteiger partial charge on any atom is -0.310 e. The van der Waals surface area contributed by atoms with E-state index in [9.17, 15) is 0 Å². The van der Waals surface area contributed by atoms with Crippen molar-refractivity contribution >= 4 is 49.6 Å². The molecular weight excluding hydrogens is 508 g/mol. The fourth-order valence-electron chi connectivity index (χ4n) is 6.37. The van der Waals surface area contributed by atoms with Gasteiger partial charge < -0.3 is 9.47 Å². The molecular formula is C40H28N2. The summed E-state index contributed by atoms with van der Waals surface area (Å²) in [5.74, 6) is 0. The highest BCUT2D eigenvalue weighted by Gasteiger charge is 2.22. The molecule has 0 bridgehead atoms. The molecule has 0 spiro atoms. The molecule has 0 amide bonds. The molecule has 0 saturated heterocycles. The molecule has 1 aromatic heterocycles. The summed E-state index contributed by atoms with van der Waals surface area (Å²) in [5.41, 5.74) is 9.34. The number of hydrogen-bond donors (Lipinski definition) is 0. The standard InChI is InChI=1S/C40H28N2/c1-3-16-30(17-4-1)41(31-18-5-2-6-19-31)38-26-14-11-23-35(38)40-32-20-8-7-15-29(32)27-28-39(40)42-36-24-12-9-21-33(36)34-22-10-13-25-37(34)42/h1-28H. The first-order valence-corrected chi connectivity index (χ1v) is 14.4. The molecule has 7 aromatic carbocycles. The second-order valence-corrected chi connectivity index (χ2v) is 10.6. The van der Waals surface area contributed by atoms with E-state index in [4.69, 9.17) is 0 Å². The van der Waals surface area contributed by atoms with Gasteiger partial charge >= 0.3 is 0 Å². The molecule has 0 unspecified atom stereocenters. The lowest BCUT2D eigenvalue weighted by Gasteiger charge is -2.29. The monoisotopic (exact) mass is 536 g/mol. The van der Waals surface area contributed by atoms with Gasteiger partial charge in [0, 0.05) is 33.3 Å². The van der Waals surface area contributed by atoms with E-state index in [2.05, 4.69) is 179 Å². The summed E-state index contributed by atoms with van der Waals surface area (Å²) in [4.78, 5) is 2.37. The van der Waals surface area contributed by atoms with Gasteiger partial charge in [0.2, 0.25) is 0 Å². The van der Waals surface area contributed by atoms with Crippen molar-refractivity contribution < 1.29 is 0 Å². The summed E-state index contributed by atoms with van der Waals surface area (Å²) >= 11 is 0. The van der Waals surface area contributed by atoms with Gasteiger partial charge in [-0.05, 0) is 59.3 Å². The van der Waals surface area contributed by atoms with Gasteiger partial charge in [-0.25, -0.2) is 0 Å². The van der Waals surface area contributed by atoms with E-state index in [1.807, 2.05) is 0 Å². The van der Waals surface area contributed by atoms with E-state index in [-0.39, 0.29) is 0 Å². The van der Waals surface area contributed by atoms with Crippen molar-refractivity contribution in [2.24, 2.45) is 0 Å². The molecule has 0 N–H and O–H groups in total. The van der Waals surface area contributed by atoms with E-state index in [0.29, 0.717) is 0 Å². The fourth-order valence-corrected chi connectivity index (χ4v) is 6.37. The summed E-state index contributed by atoms with van der Waals surface area (Å²) in [6, 6.07) is 60.9. The van der Waals surface area contributed by atoms with Gasteiger partial charge in [0.1, 0.15) is 0 Å². The average molecular weight is 537 g/mol.